The highest BCUT2D eigenvalue weighted by Gasteiger charge is 2.65. The number of carboxylic acids is 2. The van der Waals surface area contributed by atoms with Crippen LogP contribution in [-0.2, 0) is 14.4 Å². The highest BCUT2D eigenvalue weighted by Crippen LogP contribution is 2.73. The van der Waals surface area contributed by atoms with Gasteiger partial charge in [-0.2, -0.15) is 0 Å². The van der Waals surface area contributed by atoms with E-state index in [1.54, 1.807) is 5.57 Å². The van der Waals surface area contributed by atoms with Crippen molar-refractivity contribution >= 4 is 17.7 Å². The first kappa shape index (κ1) is 26.4. The average molecular weight is 489 g/mol. The first-order chi connectivity index (χ1) is 16.0. The molecular formula is C29H44O6. The first-order valence-corrected chi connectivity index (χ1v) is 13.5. The molecule has 0 saturated heterocycles. The van der Waals surface area contributed by atoms with Gasteiger partial charge in [-0.15, -0.1) is 0 Å². The van der Waals surface area contributed by atoms with Crippen LogP contribution < -0.4 is 0 Å². The number of carbonyl (C=O) groups excluding carboxylic acids is 1. The van der Waals surface area contributed by atoms with Crippen molar-refractivity contribution in [3.63, 3.8) is 0 Å². The second-order valence-electron chi connectivity index (χ2n) is 13.4. The summed E-state index contributed by atoms with van der Waals surface area (Å²) in [6.07, 6.45) is 7.56. The fraction of sp³-hybridized carbons (Fsp3) is 0.828. The SMILES string of the molecule is C[C@H](C(=O)CCC(C)(O)C(=O)O)[C@H]1CC[C@@]2(C)C3=C(CC[C@]12C)[C@@]1(C)CC[C@@](C)(C(=O)O)C1CC3. The largest absolute Gasteiger partial charge is 0.481 e. The third-order valence-corrected chi connectivity index (χ3v) is 12.0. The molecule has 4 aliphatic carbocycles. The lowest BCUT2D eigenvalue weighted by molar-refractivity contribution is -0.157. The lowest BCUT2D eigenvalue weighted by Gasteiger charge is -2.57. The Hall–Kier alpha value is -1.69. The molecule has 3 N–H and O–H groups in total. The summed E-state index contributed by atoms with van der Waals surface area (Å²) in [6, 6.07) is 0. The number of ketones is 1. The van der Waals surface area contributed by atoms with Gasteiger partial charge in [0, 0.05) is 12.3 Å². The zero-order valence-electron chi connectivity index (χ0n) is 22.4. The summed E-state index contributed by atoms with van der Waals surface area (Å²) >= 11 is 0. The summed E-state index contributed by atoms with van der Waals surface area (Å²) in [5.41, 5.74) is 0.481. The monoisotopic (exact) mass is 488 g/mol. The minimum atomic E-state index is -1.88. The molecule has 0 heterocycles. The van der Waals surface area contributed by atoms with E-state index in [1.807, 2.05) is 13.8 Å². The Morgan fingerprint density at radius 3 is 2.23 bits per heavy atom. The van der Waals surface area contributed by atoms with E-state index < -0.39 is 23.0 Å². The standard InChI is InChI=1S/C29H44O6/c1-17(21(30)11-14-29(6,35)24(33)34)18-9-12-28(5)20-7-8-22-25(2,15-16-26(22,3)23(31)32)19(20)10-13-27(18,28)4/h17-18,22,35H,7-16H2,1-6H3,(H,31,32)(H,33,34)/t17-,18+,22?,25+,26+,27+,28-,29?/m0/s1. The highest BCUT2D eigenvalue weighted by molar-refractivity contribution is 5.83. The lowest BCUT2D eigenvalue weighted by atomic mass is 9.47. The Morgan fingerprint density at radius 1 is 0.971 bits per heavy atom. The third-order valence-electron chi connectivity index (χ3n) is 12.0. The van der Waals surface area contributed by atoms with Crippen molar-refractivity contribution in [3.8, 4) is 0 Å². The fourth-order valence-electron chi connectivity index (χ4n) is 9.18. The summed E-state index contributed by atoms with van der Waals surface area (Å²) in [5, 5.41) is 29.3. The molecule has 6 nitrogen and oxygen atoms in total. The molecule has 0 aromatic rings. The highest BCUT2D eigenvalue weighted by atomic mass is 16.4. The second kappa shape index (κ2) is 8.16. The maximum Gasteiger partial charge on any atom is 0.335 e. The molecule has 4 aliphatic rings. The van der Waals surface area contributed by atoms with Crippen LogP contribution in [0.2, 0.25) is 0 Å². The van der Waals surface area contributed by atoms with Crippen LogP contribution in [0.3, 0.4) is 0 Å². The van der Waals surface area contributed by atoms with Crippen molar-refractivity contribution in [2.24, 2.45) is 39.4 Å². The van der Waals surface area contributed by atoms with Crippen LogP contribution >= 0.6 is 0 Å². The Balaban J connectivity index is 1.60. The van der Waals surface area contributed by atoms with E-state index >= 15 is 0 Å². The van der Waals surface area contributed by atoms with E-state index in [2.05, 4.69) is 20.8 Å². The molecule has 4 rings (SSSR count). The molecule has 6 heteroatoms. The summed E-state index contributed by atoms with van der Waals surface area (Å²) in [6.45, 7) is 12.3. The van der Waals surface area contributed by atoms with Gasteiger partial charge >= 0.3 is 11.9 Å². The summed E-state index contributed by atoms with van der Waals surface area (Å²) in [4.78, 5) is 36.6. The minimum Gasteiger partial charge on any atom is -0.481 e. The van der Waals surface area contributed by atoms with Crippen LogP contribution in [0.5, 0.6) is 0 Å². The molecule has 196 valence electrons. The molecular weight excluding hydrogens is 444 g/mol. The van der Waals surface area contributed by atoms with E-state index in [4.69, 9.17) is 0 Å². The van der Waals surface area contributed by atoms with Crippen molar-refractivity contribution in [2.75, 3.05) is 0 Å². The zero-order chi connectivity index (χ0) is 26.2. The van der Waals surface area contributed by atoms with Gasteiger partial charge in [0.25, 0.3) is 0 Å². The van der Waals surface area contributed by atoms with Crippen LogP contribution in [0.4, 0.5) is 0 Å². The number of aliphatic carboxylic acids is 2. The number of hydrogen-bond donors (Lipinski definition) is 3. The molecule has 0 aromatic carbocycles. The van der Waals surface area contributed by atoms with Gasteiger partial charge in [-0.1, -0.05) is 38.8 Å². The number of hydrogen-bond acceptors (Lipinski definition) is 4. The van der Waals surface area contributed by atoms with Gasteiger partial charge in [0.1, 0.15) is 5.78 Å². The lowest BCUT2D eigenvalue weighted by Crippen LogP contribution is -2.49. The zero-order valence-corrected chi connectivity index (χ0v) is 22.4. The smallest absolute Gasteiger partial charge is 0.335 e. The molecule has 0 aliphatic heterocycles. The first-order valence-electron chi connectivity index (χ1n) is 13.5. The van der Waals surface area contributed by atoms with E-state index in [0.29, 0.717) is 0 Å². The predicted octanol–water partition coefficient (Wildman–Crippen LogP) is 5.62. The Labute approximate surface area is 209 Å². The van der Waals surface area contributed by atoms with Gasteiger partial charge in [0.2, 0.25) is 0 Å². The molecule has 2 saturated carbocycles. The van der Waals surface area contributed by atoms with Crippen molar-refractivity contribution in [2.45, 2.75) is 111 Å². The van der Waals surface area contributed by atoms with Crippen LogP contribution in [0.25, 0.3) is 0 Å². The van der Waals surface area contributed by atoms with Gasteiger partial charge < -0.3 is 15.3 Å². The van der Waals surface area contributed by atoms with E-state index in [1.165, 1.54) is 12.5 Å². The Kier molecular flexibility index (Phi) is 6.15. The number of aliphatic hydroxyl groups is 1. The summed E-state index contributed by atoms with van der Waals surface area (Å²) in [5.74, 6) is -1.67. The molecule has 0 amide bonds. The van der Waals surface area contributed by atoms with Crippen LogP contribution in [0, 0.1) is 39.4 Å². The van der Waals surface area contributed by atoms with Crippen LogP contribution in [0.1, 0.15) is 106 Å². The third kappa shape index (κ3) is 3.56. The van der Waals surface area contributed by atoms with Crippen LogP contribution in [-0.4, -0.2) is 38.6 Å². The van der Waals surface area contributed by atoms with Crippen LogP contribution in [0.15, 0.2) is 11.1 Å². The van der Waals surface area contributed by atoms with Crippen molar-refractivity contribution in [3.05, 3.63) is 11.1 Å². The van der Waals surface area contributed by atoms with Crippen molar-refractivity contribution in [1.82, 2.24) is 0 Å². The summed E-state index contributed by atoms with van der Waals surface area (Å²) < 4.78 is 0. The molecule has 0 spiro atoms. The molecule has 0 bridgehead atoms. The topological polar surface area (TPSA) is 112 Å². The number of carboxylic acid groups (broad SMARTS) is 2. The molecule has 8 atom stereocenters. The number of Topliss-reactive ketones (excluding diaryl/α,β-unsaturated/α-hetero) is 1. The Morgan fingerprint density at radius 2 is 1.63 bits per heavy atom. The number of carbonyl (C=O) groups is 3. The Bertz CT molecular complexity index is 980. The molecule has 0 radical (unpaired) electrons. The maximum absolute atomic E-state index is 13.2. The average Bonchev–Trinajstić information content (AvgIpc) is 3.22. The second-order valence-corrected chi connectivity index (χ2v) is 13.4. The minimum absolute atomic E-state index is 0.00252. The molecule has 35 heavy (non-hydrogen) atoms. The van der Waals surface area contributed by atoms with E-state index in [9.17, 15) is 29.7 Å². The quantitative estimate of drug-likeness (QED) is 0.401. The molecule has 0 aromatic heterocycles. The number of allylic oxidation sites excluding steroid dienone is 2. The molecule has 2 fully saturated rings. The van der Waals surface area contributed by atoms with Crippen molar-refractivity contribution in [1.29, 1.82) is 0 Å². The van der Waals surface area contributed by atoms with E-state index in [-0.39, 0.29) is 52.6 Å². The van der Waals surface area contributed by atoms with Gasteiger partial charge in [-0.05, 0) is 99.7 Å². The summed E-state index contributed by atoms with van der Waals surface area (Å²) in [7, 11) is 0. The van der Waals surface area contributed by atoms with E-state index in [0.717, 1.165) is 51.4 Å². The number of rotatable bonds is 7. The van der Waals surface area contributed by atoms with Crippen molar-refractivity contribution < 1.29 is 29.7 Å². The maximum atomic E-state index is 13.2. The predicted molar refractivity (Wildman–Crippen MR) is 133 cm³/mol. The van der Waals surface area contributed by atoms with Gasteiger partial charge in [0.15, 0.2) is 5.60 Å². The molecule has 2 unspecified atom stereocenters. The van der Waals surface area contributed by atoms with Gasteiger partial charge in [0.05, 0.1) is 5.41 Å². The van der Waals surface area contributed by atoms with Gasteiger partial charge in [-0.25, -0.2) is 4.79 Å². The number of fused-ring (bicyclic) bond motifs is 4. The van der Waals surface area contributed by atoms with Gasteiger partial charge in [-0.3, -0.25) is 9.59 Å². The normalized spacial score (nSPS) is 43.1. The fourth-order valence-corrected chi connectivity index (χ4v) is 9.18.